The maximum absolute atomic E-state index is 11.3. The number of alkyl halides is 2. The first-order valence-corrected chi connectivity index (χ1v) is 5.05. The van der Waals surface area contributed by atoms with Gasteiger partial charge in [-0.05, 0) is 18.8 Å². The number of hydrogen-bond acceptors (Lipinski definition) is 1. The average molecular weight is 210 g/mol. The van der Waals surface area contributed by atoms with Crippen molar-refractivity contribution in [2.75, 3.05) is 13.1 Å². The monoisotopic (exact) mass is 209 g/mol. The van der Waals surface area contributed by atoms with Gasteiger partial charge < -0.3 is 4.90 Å². The molecule has 1 heterocycles. The molecule has 12 heavy (non-hydrogen) atoms. The summed E-state index contributed by atoms with van der Waals surface area (Å²) in [4.78, 5) is 12.2. The summed E-state index contributed by atoms with van der Waals surface area (Å²) in [5, 5.41) is 0. The molecule has 0 bridgehead atoms. The van der Waals surface area contributed by atoms with E-state index in [1.165, 1.54) is 6.42 Å². The molecule has 0 radical (unpaired) electrons. The lowest BCUT2D eigenvalue weighted by atomic mass is 10.0. The molecule has 1 aliphatic rings. The van der Waals surface area contributed by atoms with Gasteiger partial charge in [0.15, 0.2) is 4.84 Å². The summed E-state index contributed by atoms with van der Waals surface area (Å²) in [6.45, 7) is 3.74. The minimum atomic E-state index is -0.893. The number of piperidine rings is 1. The second kappa shape index (κ2) is 4.33. The van der Waals surface area contributed by atoms with Crippen molar-refractivity contribution >= 4 is 29.1 Å². The molecule has 0 spiro atoms. The van der Waals surface area contributed by atoms with Crippen molar-refractivity contribution in [2.45, 2.75) is 24.6 Å². The summed E-state index contributed by atoms with van der Waals surface area (Å²) in [5.74, 6) is 0.430. The van der Waals surface area contributed by atoms with Crippen LogP contribution in [0, 0.1) is 5.92 Å². The Hall–Kier alpha value is 0.0500. The maximum Gasteiger partial charge on any atom is 0.255 e. The Bertz CT molecular complexity index is 172. The van der Waals surface area contributed by atoms with Gasteiger partial charge in [-0.3, -0.25) is 4.79 Å². The fourth-order valence-electron chi connectivity index (χ4n) is 1.53. The molecule has 1 rings (SSSR count). The van der Waals surface area contributed by atoms with Crippen molar-refractivity contribution in [1.29, 1.82) is 0 Å². The van der Waals surface area contributed by atoms with Crippen molar-refractivity contribution in [3.8, 4) is 0 Å². The van der Waals surface area contributed by atoms with Crippen molar-refractivity contribution in [1.82, 2.24) is 4.90 Å². The van der Waals surface area contributed by atoms with E-state index < -0.39 is 4.84 Å². The van der Waals surface area contributed by atoms with E-state index in [0.29, 0.717) is 5.92 Å². The summed E-state index contributed by atoms with van der Waals surface area (Å²) < 4.78 is 0. The van der Waals surface area contributed by atoms with Gasteiger partial charge in [-0.15, -0.1) is 0 Å². The van der Waals surface area contributed by atoms with Crippen molar-refractivity contribution in [2.24, 2.45) is 5.92 Å². The molecular weight excluding hydrogens is 197 g/mol. The summed E-state index contributed by atoms with van der Waals surface area (Å²) in [6, 6.07) is 0. The molecule has 1 aliphatic heterocycles. The van der Waals surface area contributed by atoms with Crippen LogP contribution >= 0.6 is 23.2 Å². The predicted octanol–water partition coefficient (Wildman–Crippen LogP) is 2.05. The van der Waals surface area contributed by atoms with E-state index in [0.717, 1.165) is 19.5 Å². The van der Waals surface area contributed by atoms with E-state index in [-0.39, 0.29) is 5.91 Å². The van der Waals surface area contributed by atoms with E-state index in [1.807, 2.05) is 0 Å². The van der Waals surface area contributed by atoms with E-state index in [9.17, 15) is 4.79 Å². The molecular formula is C8H13Cl2NO. The number of amides is 1. The highest BCUT2D eigenvalue weighted by atomic mass is 35.5. The van der Waals surface area contributed by atoms with Crippen LogP contribution in [0.2, 0.25) is 0 Å². The highest BCUT2D eigenvalue weighted by Gasteiger charge is 2.24. The Kier molecular flexibility index (Phi) is 3.66. The largest absolute Gasteiger partial charge is 0.340 e. The van der Waals surface area contributed by atoms with Crippen LogP contribution in [0.4, 0.5) is 0 Å². The standard InChI is InChI=1S/C8H13Cl2NO/c1-6-3-2-4-11(5-6)8(12)7(9)10/h6-7H,2-5H2,1H3. The molecule has 0 aromatic heterocycles. The van der Waals surface area contributed by atoms with Gasteiger partial charge in [-0.2, -0.15) is 0 Å². The lowest BCUT2D eigenvalue weighted by Crippen LogP contribution is -2.41. The van der Waals surface area contributed by atoms with Crippen LogP contribution in [0.15, 0.2) is 0 Å². The first-order valence-electron chi connectivity index (χ1n) is 4.18. The molecule has 1 saturated heterocycles. The predicted molar refractivity (Wildman–Crippen MR) is 50.5 cm³/mol. The number of carbonyl (C=O) groups excluding carboxylic acids is 1. The second-order valence-electron chi connectivity index (χ2n) is 3.33. The third-order valence-electron chi connectivity index (χ3n) is 2.16. The number of nitrogens with zero attached hydrogens (tertiary/aromatic N) is 1. The Labute approximate surface area is 82.8 Å². The molecule has 2 nitrogen and oxygen atoms in total. The minimum Gasteiger partial charge on any atom is -0.340 e. The van der Waals surface area contributed by atoms with E-state index in [4.69, 9.17) is 23.2 Å². The fourth-order valence-corrected chi connectivity index (χ4v) is 1.80. The quantitative estimate of drug-likeness (QED) is 0.606. The summed E-state index contributed by atoms with van der Waals surface area (Å²) in [5.41, 5.74) is 0. The van der Waals surface area contributed by atoms with Crippen LogP contribution in [0.3, 0.4) is 0 Å². The molecule has 0 aromatic carbocycles. The highest BCUT2D eigenvalue weighted by molar-refractivity contribution is 6.53. The van der Waals surface area contributed by atoms with E-state index >= 15 is 0 Å². The first-order chi connectivity index (χ1) is 5.61. The maximum atomic E-state index is 11.3. The number of carbonyl (C=O) groups is 1. The number of halogens is 2. The van der Waals surface area contributed by atoms with Crippen LogP contribution in [0.5, 0.6) is 0 Å². The Morgan fingerprint density at radius 1 is 1.58 bits per heavy atom. The normalized spacial score (nSPS) is 24.7. The third kappa shape index (κ3) is 2.53. The summed E-state index contributed by atoms with van der Waals surface area (Å²) >= 11 is 11.0. The van der Waals surface area contributed by atoms with Crippen molar-refractivity contribution in [3.63, 3.8) is 0 Å². The lowest BCUT2D eigenvalue weighted by Gasteiger charge is -2.31. The van der Waals surface area contributed by atoms with Gasteiger partial charge in [0.1, 0.15) is 0 Å². The molecule has 1 unspecified atom stereocenters. The van der Waals surface area contributed by atoms with E-state index in [2.05, 4.69) is 6.92 Å². The molecule has 0 aliphatic carbocycles. The Balaban J connectivity index is 2.46. The molecule has 70 valence electrons. The fraction of sp³-hybridized carbons (Fsp3) is 0.875. The molecule has 0 saturated carbocycles. The topological polar surface area (TPSA) is 20.3 Å². The van der Waals surface area contributed by atoms with Gasteiger partial charge in [0.25, 0.3) is 5.91 Å². The van der Waals surface area contributed by atoms with Crippen molar-refractivity contribution < 1.29 is 4.79 Å². The SMILES string of the molecule is CC1CCCN(C(=O)C(Cl)Cl)C1. The molecule has 1 amide bonds. The Morgan fingerprint density at radius 3 is 2.75 bits per heavy atom. The van der Waals surface area contributed by atoms with Crippen LogP contribution < -0.4 is 0 Å². The summed E-state index contributed by atoms with van der Waals surface area (Å²) in [7, 11) is 0. The first kappa shape index (κ1) is 10.1. The molecule has 0 N–H and O–H groups in total. The van der Waals surface area contributed by atoms with Gasteiger partial charge in [0, 0.05) is 13.1 Å². The van der Waals surface area contributed by atoms with Gasteiger partial charge in [-0.1, -0.05) is 30.1 Å². The molecule has 4 heteroatoms. The smallest absolute Gasteiger partial charge is 0.255 e. The minimum absolute atomic E-state index is 0.148. The zero-order valence-electron chi connectivity index (χ0n) is 7.09. The van der Waals surface area contributed by atoms with E-state index in [1.54, 1.807) is 4.90 Å². The third-order valence-corrected chi connectivity index (χ3v) is 2.53. The average Bonchev–Trinajstić information content (AvgIpc) is 2.03. The highest BCUT2D eigenvalue weighted by Crippen LogP contribution is 2.18. The van der Waals surface area contributed by atoms with Crippen molar-refractivity contribution in [3.05, 3.63) is 0 Å². The molecule has 1 atom stereocenters. The molecule has 1 fully saturated rings. The van der Waals surface area contributed by atoms with Gasteiger partial charge in [0.05, 0.1) is 0 Å². The zero-order valence-corrected chi connectivity index (χ0v) is 8.61. The lowest BCUT2D eigenvalue weighted by molar-refractivity contribution is -0.131. The number of rotatable bonds is 1. The van der Waals surface area contributed by atoms with Crippen LogP contribution in [0.25, 0.3) is 0 Å². The van der Waals surface area contributed by atoms with Crippen LogP contribution in [0.1, 0.15) is 19.8 Å². The van der Waals surface area contributed by atoms with Crippen LogP contribution in [-0.2, 0) is 4.79 Å². The molecule has 0 aromatic rings. The Morgan fingerprint density at radius 2 is 2.25 bits per heavy atom. The van der Waals surface area contributed by atoms with Crippen LogP contribution in [-0.4, -0.2) is 28.7 Å². The van der Waals surface area contributed by atoms with Gasteiger partial charge >= 0.3 is 0 Å². The number of likely N-dealkylation sites (tertiary alicyclic amines) is 1. The van der Waals surface area contributed by atoms with Gasteiger partial charge in [-0.25, -0.2) is 0 Å². The second-order valence-corrected chi connectivity index (χ2v) is 4.43. The zero-order chi connectivity index (χ0) is 9.14. The number of hydrogen-bond donors (Lipinski definition) is 0. The summed E-state index contributed by atoms with van der Waals surface area (Å²) in [6.07, 6.45) is 2.26. The van der Waals surface area contributed by atoms with Gasteiger partial charge in [0.2, 0.25) is 0 Å².